The lowest BCUT2D eigenvalue weighted by Crippen LogP contribution is -2.35. The van der Waals surface area contributed by atoms with Gasteiger partial charge in [-0.1, -0.05) is 35.6 Å². The highest BCUT2D eigenvalue weighted by molar-refractivity contribution is 8.03. The van der Waals surface area contributed by atoms with E-state index in [4.69, 9.17) is 0 Å². The maximum Gasteiger partial charge on any atom is 0.269 e. The zero-order valence-corrected chi connectivity index (χ0v) is 21.7. The molecule has 0 amide bonds. The van der Waals surface area contributed by atoms with E-state index in [1.54, 1.807) is 11.3 Å². The summed E-state index contributed by atoms with van der Waals surface area (Å²) in [5.74, 6) is 1.12. The lowest BCUT2D eigenvalue weighted by atomic mass is 10.1. The number of allylic oxidation sites excluding steroid dienone is 1. The molecule has 2 aromatic heterocycles. The molecule has 2 aromatic carbocycles. The third-order valence-corrected chi connectivity index (χ3v) is 9.46. The molecular weight excluding hydrogens is 467 g/mol. The van der Waals surface area contributed by atoms with Gasteiger partial charge in [0.1, 0.15) is 15.9 Å². The molecule has 4 aromatic rings. The molecule has 0 spiro atoms. The van der Waals surface area contributed by atoms with Crippen LogP contribution in [0.15, 0.2) is 52.3 Å². The highest BCUT2D eigenvalue weighted by Gasteiger charge is 2.20. The monoisotopic (exact) mass is 494 g/mol. The van der Waals surface area contributed by atoms with Crippen LogP contribution >= 0.6 is 34.4 Å². The fourth-order valence-electron chi connectivity index (χ4n) is 4.40. The number of hydrogen-bond acceptors (Lipinski definition) is 5. The summed E-state index contributed by atoms with van der Waals surface area (Å²) in [6, 6.07) is 13.0. The second kappa shape index (κ2) is 9.49. The Kier molecular flexibility index (Phi) is 6.45. The van der Waals surface area contributed by atoms with Crippen molar-refractivity contribution < 1.29 is 4.57 Å². The smallest absolute Gasteiger partial charge is 0.269 e. The average molecular weight is 495 g/mol. The zero-order valence-electron chi connectivity index (χ0n) is 19.2. The first-order valence-electron chi connectivity index (χ1n) is 11.5. The molecule has 1 aliphatic heterocycles. The predicted molar refractivity (Wildman–Crippen MR) is 145 cm³/mol. The molecule has 4 nitrogen and oxygen atoms in total. The minimum absolute atomic E-state index is 0.103. The van der Waals surface area contributed by atoms with Gasteiger partial charge in [-0.2, -0.15) is 4.57 Å². The second-order valence-electron chi connectivity index (χ2n) is 7.92. The van der Waals surface area contributed by atoms with Gasteiger partial charge >= 0.3 is 0 Å². The van der Waals surface area contributed by atoms with Gasteiger partial charge in [0.2, 0.25) is 5.52 Å². The van der Waals surface area contributed by atoms with Gasteiger partial charge in [0.15, 0.2) is 0 Å². The van der Waals surface area contributed by atoms with E-state index < -0.39 is 0 Å². The third kappa shape index (κ3) is 4.07. The number of hydrogen-bond donors (Lipinski definition) is 0. The number of aromatic nitrogens is 2. The highest BCUT2D eigenvalue weighted by Crippen LogP contribution is 2.30. The van der Waals surface area contributed by atoms with Gasteiger partial charge in [0, 0.05) is 36.8 Å². The summed E-state index contributed by atoms with van der Waals surface area (Å²) in [5, 5.41) is 4.99. The maximum absolute atomic E-state index is 13.1. The van der Waals surface area contributed by atoms with Crippen LogP contribution in [0.1, 0.15) is 25.8 Å². The number of fused-ring (bicyclic) bond motifs is 3. The molecule has 3 heterocycles. The summed E-state index contributed by atoms with van der Waals surface area (Å²) in [7, 11) is 0. The lowest BCUT2D eigenvalue weighted by Gasteiger charge is -2.14. The Morgan fingerprint density at radius 1 is 1.03 bits per heavy atom. The molecule has 1 saturated heterocycles. The van der Waals surface area contributed by atoms with E-state index >= 15 is 0 Å². The van der Waals surface area contributed by atoms with Crippen molar-refractivity contribution >= 4 is 67.6 Å². The van der Waals surface area contributed by atoms with Crippen molar-refractivity contribution in [3.8, 4) is 0 Å². The van der Waals surface area contributed by atoms with E-state index in [1.807, 2.05) is 40.7 Å². The normalized spacial score (nSPS) is 16.8. The molecule has 170 valence electrons. The van der Waals surface area contributed by atoms with E-state index in [0.29, 0.717) is 6.54 Å². The number of nitrogens with zero attached hydrogens (tertiary/aromatic N) is 3. The topological polar surface area (TPSA) is 29.1 Å². The maximum atomic E-state index is 13.1. The Morgan fingerprint density at radius 3 is 2.67 bits per heavy atom. The zero-order chi connectivity index (χ0) is 22.9. The van der Waals surface area contributed by atoms with E-state index in [2.05, 4.69) is 71.9 Å². The molecule has 1 fully saturated rings. The van der Waals surface area contributed by atoms with Crippen molar-refractivity contribution in [1.29, 1.82) is 0 Å². The Bertz CT molecular complexity index is 1540. The minimum atomic E-state index is 0.103. The summed E-state index contributed by atoms with van der Waals surface area (Å²) in [6.07, 6.45) is 6.33. The van der Waals surface area contributed by atoms with E-state index in [-0.39, 0.29) is 5.56 Å². The first-order chi connectivity index (χ1) is 16.1. The molecule has 0 unspecified atom stereocenters. The summed E-state index contributed by atoms with van der Waals surface area (Å²) in [6.45, 7) is 10.1. The SMILES string of the molecule is CCN1CCS/C1=C\C=c1/s/c(=C\c2sc3c4ccccc4ccc3[n+]2CC)n(CC)c1=O. The van der Waals surface area contributed by atoms with Gasteiger partial charge in [-0.15, -0.1) is 23.1 Å². The quantitative estimate of drug-likeness (QED) is 0.391. The molecule has 0 atom stereocenters. The molecule has 0 bridgehead atoms. The molecule has 1 aliphatic rings. The average Bonchev–Trinajstić information content (AvgIpc) is 3.52. The van der Waals surface area contributed by atoms with Gasteiger partial charge in [-0.3, -0.25) is 9.36 Å². The molecule has 33 heavy (non-hydrogen) atoms. The van der Waals surface area contributed by atoms with Gasteiger partial charge in [-0.05, 0) is 44.4 Å². The van der Waals surface area contributed by atoms with Crippen LogP contribution in [0, 0.1) is 0 Å². The second-order valence-corrected chi connectivity index (χ2v) is 11.1. The van der Waals surface area contributed by atoms with Crippen LogP contribution in [-0.2, 0) is 13.1 Å². The van der Waals surface area contributed by atoms with Gasteiger partial charge in [-0.25, -0.2) is 0 Å². The van der Waals surface area contributed by atoms with Crippen molar-refractivity contribution in [3.05, 3.63) is 72.1 Å². The molecule has 0 saturated carbocycles. The molecule has 0 aliphatic carbocycles. The number of thiazole rings is 2. The third-order valence-electron chi connectivity index (χ3n) is 6.12. The number of aryl methyl sites for hydroxylation is 1. The van der Waals surface area contributed by atoms with Crippen LogP contribution < -0.4 is 19.3 Å². The van der Waals surface area contributed by atoms with Crippen LogP contribution in [0.3, 0.4) is 0 Å². The Morgan fingerprint density at radius 2 is 1.88 bits per heavy atom. The largest absolute Gasteiger partial charge is 0.366 e. The number of thioether (sulfide) groups is 1. The Balaban J connectivity index is 1.68. The predicted octanol–water partition coefficient (Wildman–Crippen LogP) is 4.12. The molecule has 7 heteroatoms. The van der Waals surface area contributed by atoms with Crippen molar-refractivity contribution in [2.75, 3.05) is 18.8 Å². The first kappa shape index (κ1) is 22.4. The number of rotatable bonds is 5. The lowest BCUT2D eigenvalue weighted by molar-refractivity contribution is -0.665. The molecule has 5 rings (SSSR count). The van der Waals surface area contributed by atoms with Gasteiger partial charge in [0.25, 0.3) is 10.6 Å². The van der Waals surface area contributed by atoms with Crippen molar-refractivity contribution in [2.45, 2.75) is 33.9 Å². The van der Waals surface area contributed by atoms with Crippen molar-refractivity contribution in [1.82, 2.24) is 9.47 Å². The van der Waals surface area contributed by atoms with Crippen LogP contribution in [0.2, 0.25) is 0 Å². The molecule has 0 N–H and O–H groups in total. The summed E-state index contributed by atoms with van der Waals surface area (Å²) in [5.41, 5.74) is 1.36. The van der Waals surface area contributed by atoms with Gasteiger partial charge in [0.05, 0.1) is 15.6 Å². The Hall–Kier alpha value is -2.35. The summed E-state index contributed by atoms with van der Waals surface area (Å²) >= 11 is 5.27. The van der Waals surface area contributed by atoms with Crippen LogP contribution in [0.4, 0.5) is 0 Å². The fraction of sp³-hybridized carbons (Fsp3) is 0.308. The van der Waals surface area contributed by atoms with Crippen molar-refractivity contribution in [3.63, 3.8) is 0 Å². The minimum Gasteiger partial charge on any atom is -0.366 e. The van der Waals surface area contributed by atoms with Crippen LogP contribution in [0.25, 0.3) is 33.1 Å². The van der Waals surface area contributed by atoms with Crippen molar-refractivity contribution in [2.24, 2.45) is 0 Å². The van der Waals surface area contributed by atoms with E-state index in [9.17, 15) is 4.79 Å². The van der Waals surface area contributed by atoms with Crippen LogP contribution in [0.5, 0.6) is 0 Å². The standard InChI is InChI=1S/C26H28N3OS3/c1-4-27-15-16-31-22(27)14-13-21-26(30)29(6-3)24(32-21)17-23-28(5-2)20-12-11-18-9-7-8-10-19(18)25(20)33-23/h7-14,17H,4-6,15-16H2,1-3H3/q+1/b21-13-,22-14-. The van der Waals surface area contributed by atoms with E-state index in [1.165, 1.54) is 31.0 Å². The molecule has 0 radical (unpaired) electrons. The highest BCUT2D eigenvalue weighted by atomic mass is 32.2. The first-order valence-corrected chi connectivity index (χ1v) is 14.1. The van der Waals surface area contributed by atoms with Crippen LogP contribution in [-0.4, -0.2) is 28.3 Å². The fourth-order valence-corrected chi connectivity index (χ4v) is 7.91. The summed E-state index contributed by atoms with van der Waals surface area (Å²) < 4.78 is 7.37. The number of benzene rings is 2. The van der Waals surface area contributed by atoms with Gasteiger partial charge < -0.3 is 4.90 Å². The molecular formula is C26H28N3OS3+. The van der Waals surface area contributed by atoms with E-state index in [0.717, 1.165) is 34.6 Å². The summed E-state index contributed by atoms with van der Waals surface area (Å²) in [4.78, 5) is 15.5. The Labute approximate surface area is 205 Å².